The van der Waals surface area contributed by atoms with Gasteiger partial charge in [0.25, 0.3) is 5.91 Å². The molecule has 1 aromatic rings. The van der Waals surface area contributed by atoms with Crippen LogP contribution in [0.15, 0.2) is 24.3 Å². The number of rotatable bonds is 4. The quantitative estimate of drug-likeness (QED) is 0.822. The first kappa shape index (κ1) is 15.3. The van der Waals surface area contributed by atoms with E-state index in [1.807, 2.05) is 31.2 Å². The molecule has 0 aliphatic carbocycles. The average Bonchev–Trinajstić information content (AvgIpc) is 2.37. The molecule has 19 heavy (non-hydrogen) atoms. The minimum atomic E-state index is -0.0538. The van der Waals surface area contributed by atoms with E-state index in [0.29, 0.717) is 6.42 Å². The van der Waals surface area contributed by atoms with Crippen LogP contribution in [0.2, 0.25) is 0 Å². The Labute approximate surface area is 116 Å². The van der Waals surface area contributed by atoms with Gasteiger partial charge in [-0.05, 0) is 23.5 Å². The summed E-state index contributed by atoms with van der Waals surface area (Å²) in [5, 5.41) is 3.01. The van der Waals surface area contributed by atoms with Gasteiger partial charge in [-0.25, -0.2) is 0 Å². The maximum Gasteiger partial charge on any atom is 0.251 e. The highest BCUT2D eigenvalue weighted by Crippen LogP contribution is 2.25. The molecule has 0 fully saturated rings. The molecule has 0 saturated carbocycles. The molecule has 1 aromatic carbocycles. The maximum atomic E-state index is 12.4. The molecule has 1 amide bonds. The second kappa shape index (κ2) is 6.43. The molecule has 1 N–H and O–H groups in total. The summed E-state index contributed by atoms with van der Waals surface area (Å²) in [6, 6.07) is 7.79. The fourth-order valence-electron chi connectivity index (χ4n) is 2.04. The third kappa shape index (κ3) is 4.13. The van der Waals surface area contributed by atoms with E-state index < -0.39 is 0 Å². The van der Waals surface area contributed by atoms with Gasteiger partial charge in [-0.1, -0.05) is 45.9 Å². The van der Waals surface area contributed by atoms with E-state index in [4.69, 9.17) is 6.42 Å². The Hall–Kier alpha value is -1.75. The first-order chi connectivity index (χ1) is 8.90. The SMILES string of the molecule is C#CCC(CC)NC(=O)c1ccccc1C(C)(C)C. The lowest BCUT2D eigenvalue weighted by Gasteiger charge is -2.23. The largest absolute Gasteiger partial charge is 0.348 e. The predicted molar refractivity (Wildman–Crippen MR) is 80.1 cm³/mol. The third-order valence-corrected chi connectivity index (χ3v) is 3.17. The highest BCUT2D eigenvalue weighted by atomic mass is 16.1. The highest BCUT2D eigenvalue weighted by Gasteiger charge is 2.22. The minimum Gasteiger partial charge on any atom is -0.348 e. The zero-order valence-corrected chi connectivity index (χ0v) is 12.3. The van der Waals surface area contributed by atoms with Gasteiger partial charge in [-0.2, -0.15) is 0 Å². The van der Waals surface area contributed by atoms with E-state index in [1.54, 1.807) is 0 Å². The molecular formula is C17H23NO. The lowest BCUT2D eigenvalue weighted by molar-refractivity contribution is 0.0934. The number of hydrogen-bond acceptors (Lipinski definition) is 1. The topological polar surface area (TPSA) is 29.1 Å². The van der Waals surface area contributed by atoms with Gasteiger partial charge in [-0.15, -0.1) is 12.3 Å². The van der Waals surface area contributed by atoms with E-state index >= 15 is 0 Å². The van der Waals surface area contributed by atoms with Crippen molar-refractivity contribution in [2.24, 2.45) is 0 Å². The number of terminal acetylenes is 1. The van der Waals surface area contributed by atoms with Crippen molar-refractivity contribution < 1.29 is 4.79 Å². The van der Waals surface area contributed by atoms with Crippen molar-refractivity contribution in [3.05, 3.63) is 35.4 Å². The Bertz CT molecular complexity index is 477. The molecule has 2 heteroatoms. The lowest BCUT2D eigenvalue weighted by Crippen LogP contribution is -2.35. The zero-order chi connectivity index (χ0) is 14.5. The second-order valence-corrected chi connectivity index (χ2v) is 5.78. The molecule has 0 bridgehead atoms. The predicted octanol–water partition coefficient (Wildman–Crippen LogP) is 3.52. The second-order valence-electron chi connectivity index (χ2n) is 5.78. The van der Waals surface area contributed by atoms with Crippen LogP contribution in [0.1, 0.15) is 56.5 Å². The Morgan fingerprint density at radius 3 is 2.53 bits per heavy atom. The molecule has 0 aromatic heterocycles. The summed E-state index contributed by atoms with van der Waals surface area (Å²) >= 11 is 0. The Balaban J connectivity index is 2.98. The van der Waals surface area contributed by atoms with E-state index in [1.165, 1.54) is 0 Å². The van der Waals surface area contributed by atoms with Crippen LogP contribution in [-0.4, -0.2) is 11.9 Å². The molecular weight excluding hydrogens is 234 g/mol. The van der Waals surface area contributed by atoms with E-state index in [2.05, 4.69) is 32.0 Å². The molecule has 2 nitrogen and oxygen atoms in total. The van der Waals surface area contributed by atoms with Crippen molar-refractivity contribution in [3.63, 3.8) is 0 Å². The number of benzene rings is 1. The van der Waals surface area contributed by atoms with Gasteiger partial charge >= 0.3 is 0 Å². The first-order valence-electron chi connectivity index (χ1n) is 6.74. The van der Waals surface area contributed by atoms with Gasteiger partial charge in [0.15, 0.2) is 0 Å². The number of amides is 1. The van der Waals surface area contributed by atoms with Crippen molar-refractivity contribution >= 4 is 5.91 Å². The Morgan fingerprint density at radius 2 is 2.00 bits per heavy atom. The van der Waals surface area contributed by atoms with Crippen LogP contribution < -0.4 is 5.32 Å². The molecule has 0 aliphatic heterocycles. The van der Waals surface area contributed by atoms with Gasteiger partial charge in [0, 0.05) is 18.0 Å². The molecule has 0 aliphatic rings. The Morgan fingerprint density at radius 1 is 1.37 bits per heavy atom. The number of hydrogen-bond donors (Lipinski definition) is 1. The molecule has 1 atom stereocenters. The van der Waals surface area contributed by atoms with Crippen LogP contribution in [0.5, 0.6) is 0 Å². The number of carbonyl (C=O) groups excluding carboxylic acids is 1. The summed E-state index contributed by atoms with van der Waals surface area (Å²) < 4.78 is 0. The van der Waals surface area contributed by atoms with Crippen molar-refractivity contribution in [1.82, 2.24) is 5.32 Å². The fourth-order valence-corrected chi connectivity index (χ4v) is 2.04. The molecule has 1 rings (SSSR count). The third-order valence-electron chi connectivity index (χ3n) is 3.17. The average molecular weight is 257 g/mol. The number of carbonyl (C=O) groups is 1. The van der Waals surface area contributed by atoms with Gasteiger partial charge in [0.05, 0.1) is 0 Å². The monoisotopic (exact) mass is 257 g/mol. The summed E-state index contributed by atoms with van der Waals surface area (Å²) in [6.07, 6.45) is 6.73. The summed E-state index contributed by atoms with van der Waals surface area (Å²) in [7, 11) is 0. The summed E-state index contributed by atoms with van der Waals surface area (Å²) in [5.74, 6) is 2.57. The highest BCUT2D eigenvalue weighted by molar-refractivity contribution is 5.96. The lowest BCUT2D eigenvalue weighted by atomic mass is 9.83. The smallest absolute Gasteiger partial charge is 0.251 e. The first-order valence-corrected chi connectivity index (χ1v) is 6.74. The van der Waals surface area contributed by atoms with Crippen molar-refractivity contribution in [1.29, 1.82) is 0 Å². The normalized spacial score (nSPS) is 12.6. The summed E-state index contributed by atoms with van der Waals surface area (Å²) in [4.78, 5) is 12.4. The number of nitrogens with one attached hydrogen (secondary N) is 1. The molecule has 1 unspecified atom stereocenters. The van der Waals surface area contributed by atoms with Crippen LogP contribution in [0.3, 0.4) is 0 Å². The van der Waals surface area contributed by atoms with Crippen molar-refractivity contribution in [3.8, 4) is 12.3 Å². The van der Waals surface area contributed by atoms with Crippen molar-refractivity contribution in [2.75, 3.05) is 0 Å². The minimum absolute atomic E-state index is 0.0346. The molecule has 0 radical (unpaired) electrons. The van der Waals surface area contributed by atoms with Crippen LogP contribution in [0, 0.1) is 12.3 Å². The molecule has 102 valence electrons. The molecule has 0 saturated heterocycles. The maximum absolute atomic E-state index is 12.4. The van der Waals surface area contributed by atoms with Crippen molar-refractivity contribution in [2.45, 2.75) is 52.0 Å². The Kier molecular flexibility index (Phi) is 5.18. The fraction of sp³-hybridized carbons (Fsp3) is 0.471. The van der Waals surface area contributed by atoms with Gasteiger partial charge in [0.2, 0.25) is 0 Å². The van der Waals surface area contributed by atoms with Crippen LogP contribution >= 0.6 is 0 Å². The summed E-state index contributed by atoms with van der Waals surface area (Å²) in [6.45, 7) is 8.35. The van der Waals surface area contributed by atoms with Gasteiger partial charge < -0.3 is 5.32 Å². The van der Waals surface area contributed by atoms with Crippen LogP contribution in [0.4, 0.5) is 0 Å². The van der Waals surface area contributed by atoms with Gasteiger partial charge in [0.1, 0.15) is 0 Å². The standard InChI is InChI=1S/C17H23NO/c1-6-10-13(7-2)18-16(19)14-11-8-9-12-15(14)17(3,4)5/h1,8-9,11-13H,7,10H2,2-5H3,(H,18,19). The van der Waals surface area contributed by atoms with Crippen LogP contribution in [-0.2, 0) is 5.41 Å². The van der Waals surface area contributed by atoms with Crippen LogP contribution in [0.25, 0.3) is 0 Å². The van der Waals surface area contributed by atoms with E-state index in [9.17, 15) is 4.79 Å². The zero-order valence-electron chi connectivity index (χ0n) is 12.3. The van der Waals surface area contributed by atoms with Gasteiger partial charge in [-0.3, -0.25) is 4.79 Å². The van der Waals surface area contributed by atoms with E-state index in [-0.39, 0.29) is 17.4 Å². The molecule has 0 spiro atoms. The van der Waals surface area contributed by atoms with E-state index in [0.717, 1.165) is 17.5 Å². The summed E-state index contributed by atoms with van der Waals surface area (Å²) in [5.41, 5.74) is 1.75. The molecule has 0 heterocycles.